The Morgan fingerprint density at radius 1 is 1.10 bits per heavy atom. The van der Waals surface area contributed by atoms with Crippen LogP contribution in [0.2, 0.25) is 0 Å². The molecule has 110 valence electrons. The maximum absolute atomic E-state index is 11.9. The van der Waals surface area contributed by atoms with Gasteiger partial charge in [0.05, 0.1) is 7.11 Å². The van der Waals surface area contributed by atoms with Crippen LogP contribution in [-0.2, 0) is 4.79 Å². The van der Waals surface area contributed by atoms with Crippen molar-refractivity contribution in [2.45, 2.75) is 13.8 Å². The van der Waals surface area contributed by atoms with Gasteiger partial charge in [-0.2, -0.15) is 0 Å². The lowest BCUT2D eigenvalue weighted by Crippen LogP contribution is -2.20. The van der Waals surface area contributed by atoms with Crippen molar-refractivity contribution in [3.8, 4) is 11.5 Å². The van der Waals surface area contributed by atoms with Crippen molar-refractivity contribution in [3.63, 3.8) is 0 Å². The minimum atomic E-state index is -0.201. The molecule has 1 amide bonds. The zero-order chi connectivity index (χ0) is 15.2. The summed E-state index contributed by atoms with van der Waals surface area (Å²) < 4.78 is 10.7. The van der Waals surface area contributed by atoms with Gasteiger partial charge in [0.2, 0.25) is 0 Å². The minimum absolute atomic E-state index is 0.0618. The fourth-order valence-electron chi connectivity index (χ4n) is 2.02. The largest absolute Gasteiger partial charge is 0.493 e. The summed E-state index contributed by atoms with van der Waals surface area (Å²) in [6, 6.07) is 13.1. The predicted octanol–water partition coefficient (Wildman–Crippen LogP) is 3.33. The van der Waals surface area contributed by atoms with Crippen LogP contribution < -0.4 is 14.8 Å². The van der Waals surface area contributed by atoms with E-state index in [9.17, 15) is 4.79 Å². The van der Waals surface area contributed by atoms with Crippen LogP contribution in [0.25, 0.3) is 0 Å². The van der Waals surface area contributed by atoms with Crippen LogP contribution in [0.4, 0.5) is 5.69 Å². The maximum atomic E-state index is 11.9. The number of methoxy groups -OCH3 is 1. The Labute approximate surface area is 124 Å². The van der Waals surface area contributed by atoms with Gasteiger partial charge < -0.3 is 14.8 Å². The molecule has 2 aromatic rings. The Hall–Kier alpha value is -2.49. The number of nitrogens with one attached hydrogen (secondary N) is 1. The number of amides is 1. The van der Waals surface area contributed by atoms with E-state index in [1.807, 2.05) is 44.2 Å². The number of ether oxygens (including phenoxy) is 2. The molecule has 0 atom stereocenters. The highest BCUT2D eigenvalue weighted by Crippen LogP contribution is 2.25. The van der Waals surface area contributed by atoms with Gasteiger partial charge in [-0.15, -0.1) is 0 Å². The first kappa shape index (κ1) is 14.9. The average Bonchev–Trinajstić information content (AvgIpc) is 2.48. The summed E-state index contributed by atoms with van der Waals surface area (Å²) in [7, 11) is 1.57. The minimum Gasteiger partial charge on any atom is -0.493 e. The van der Waals surface area contributed by atoms with Gasteiger partial charge in [0, 0.05) is 5.69 Å². The number of rotatable bonds is 5. The number of carbonyl (C=O) groups excluding carboxylic acids is 1. The van der Waals surface area contributed by atoms with Gasteiger partial charge in [-0.3, -0.25) is 4.79 Å². The van der Waals surface area contributed by atoms with E-state index in [0.29, 0.717) is 11.5 Å². The molecule has 1 N–H and O–H groups in total. The molecule has 0 aromatic heterocycles. The number of para-hydroxylation sites is 2. The number of anilines is 1. The third-order valence-corrected chi connectivity index (χ3v) is 3.08. The molecule has 0 aliphatic carbocycles. The molecule has 2 rings (SSSR count). The summed E-state index contributed by atoms with van der Waals surface area (Å²) in [5.74, 6) is 0.959. The van der Waals surface area contributed by atoms with Gasteiger partial charge in [-0.1, -0.05) is 29.8 Å². The van der Waals surface area contributed by atoms with E-state index < -0.39 is 0 Å². The second-order valence-electron chi connectivity index (χ2n) is 4.81. The number of aryl methyl sites for hydroxylation is 2. The van der Waals surface area contributed by atoms with Gasteiger partial charge >= 0.3 is 0 Å². The SMILES string of the molecule is COc1ccccc1OCC(=O)Nc1ccc(C)cc1C. The van der Waals surface area contributed by atoms with E-state index in [2.05, 4.69) is 5.32 Å². The second-order valence-corrected chi connectivity index (χ2v) is 4.81. The van der Waals surface area contributed by atoms with Gasteiger partial charge in [0.25, 0.3) is 5.91 Å². The number of hydrogen-bond acceptors (Lipinski definition) is 3. The van der Waals surface area contributed by atoms with Crippen LogP contribution in [0.3, 0.4) is 0 Å². The molecule has 2 aromatic carbocycles. The highest BCUT2D eigenvalue weighted by molar-refractivity contribution is 5.92. The first-order valence-corrected chi connectivity index (χ1v) is 6.73. The van der Waals surface area contributed by atoms with E-state index in [-0.39, 0.29) is 12.5 Å². The lowest BCUT2D eigenvalue weighted by molar-refractivity contribution is -0.118. The fourth-order valence-corrected chi connectivity index (χ4v) is 2.02. The number of hydrogen-bond donors (Lipinski definition) is 1. The third kappa shape index (κ3) is 3.99. The van der Waals surface area contributed by atoms with E-state index in [0.717, 1.165) is 16.8 Å². The van der Waals surface area contributed by atoms with Crippen LogP contribution in [0.5, 0.6) is 11.5 Å². The molecule has 0 heterocycles. The highest BCUT2D eigenvalue weighted by atomic mass is 16.5. The summed E-state index contributed by atoms with van der Waals surface area (Å²) in [5, 5.41) is 2.84. The summed E-state index contributed by atoms with van der Waals surface area (Å²) in [4.78, 5) is 11.9. The molecule has 0 saturated heterocycles. The topological polar surface area (TPSA) is 47.6 Å². The average molecular weight is 285 g/mol. The first-order valence-electron chi connectivity index (χ1n) is 6.73. The zero-order valence-electron chi connectivity index (χ0n) is 12.5. The Balaban J connectivity index is 1.96. The molecule has 0 spiro atoms. The van der Waals surface area contributed by atoms with Crippen molar-refractivity contribution < 1.29 is 14.3 Å². The number of benzene rings is 2. The van der Waals surface area contributed by atoms with Crippen LogP contribution in [-0.4, -0.2) is 19.6 Å². The lowest BCUT2D eigenvalue weighted by atomic mass is 10.1. The van der Waals surface area contributed by atoms with E-state index >= 15 is 0 Å². The normalized spacial score (nSPS) is 10.0. The Bertz CT molecular complexity index is 638. The van der Waals surface area contributed by atoms with Gasteiger partial charge in [-0.25, -0.2) is 0 Å². The molecule has 21 heavy (non-hydrogen) atoms. The van der Waals surface area contributed by atoms with Crippen molar-refractivity contribution in [1.29, 1.82) is 0 Å². The van der Waals surface area contributed by atoms with Crippen molar-refractivity contribution in [1.82, 2.24) is 0 Å². The Kier molecular flexibility index (Phi) is 4.82. The summed E-state index contributed by atoms with van der Waals surface area (Å²) >= 11 is 0. The molecule has 4 heteroatoms. The molecule has 0 bridgehead atoms. The molecule has 0 fully saturated rings. The van der Waals surface area contributed by atoms with Crippen LogP contribution >= 0.6 is 0 Å². The quantitative estimate of drug-likeness (QED) is 0.916. The molecule has 0 aliphatic rings. The van der Waals surface area contributed by atoms with Crippen molar-refractivity contribution >= 4 is 11.6 Å². The standard InChI is InChI=1S/C17H19NO3/c1-12-8-9-14(13(2)10-12)18-17(19)11-21-16-7-5-4-6-15(16)20-3/h4-10H,11H2,1-3H3,(H,18,19). The van der Waals surface area contributed by atoms with Crippen molar-refractivity contribution in [2.24, 2.45) is 0 Å². The molecule has 0 saturated carbocycles. The van der Waals surface area contributed by atoms with Gasteiger partial charge in [-0.05, 0) is 37.6 Å². The molecule has 4 nitrogen and oxygen atoms in total. The third-order valence-electron chi connectivity index (χ3n) is 3.08. The van der Waals surface area contributed by atoms with Gasteiger partial charge in [0.15, 0.2) is 18.1 Å². The monoisotopic (exact) mass is 285 g/mol. The smallest absolute Gasteiger partial charge is 0.262 e. The van der Waals surface area contributed by atoms with Gasteiger partial charge in [0.1, 0.15) is 0 Å². The summed E-state index contributed by atoms with van der Waals surface area (Å²) in [5.41, 5.74) is 2.99. The summed E-state index contributed by atoms with van der Waals surface area (Å²) in [6.07, 6.45) is 0. The van der Waals surface area contributed by atoms with E-state index in [1.165, 1.54) is 0 Å². The predicted molar refractivity (Wildman–Crippen MR) is 83.0 cm³/mol. The zero-order valence-corrected chi connectivity index (χ0v) is 12.5. The first-order chi connectivity index (χ1) is 10.1. The molecular weight excluding hydrogens is 266 g/mol. The van der Waals surface area contributed by atoms with Crippen LogP contribution in [0.1, 0.15) is 11.1 Å². The number of carbonyl (C=O) groups is 1. The molecular formula is C17H19NO3. The second kappa shape index (κ2) is 6.79. The fraction of sp³-hybridized carbons (Fsp3) is 0.235. The Morgan fingerprint density at radius 3 is 2.48 bits per heavy atom. The molecule has 0 radical (unpaired) electrons. The highest BCUT2D eigenvalue weighted by Gasteiger charge is 2.08. The Morgan fingerprint density at radius 2 is 1.81 bits per heavy atom. The van der Waals surface area contributed by atoms with Crippen LogP contribution in [0, 0.1) is 13.8 Å². The molecule has 0 aliphatic heterocycles. The van der Waals surface area contributed by atoms with Crippen LogP contribution in [0.15, 0.2) is 42.5 Å². The van der Waals surface area contributed by atoms with E-state index in [1.54, 1.807) is 19.2 Å². The van der Waals surface area contributed by atoms with Crippen molar-refractivity contribution in [3.05, 3.63) is 53.6 Å². The van der Waals surface area contributed by atoms with E-state index in [4.69, 9.17) is 9.47 Å². The van der Waals surface area contributed by atoms with Crippen molar-refractivity contribution in [2.75, 3.05) is 19.0 Å². The maximum Gasteiger partial charge on any atom is 0.262 e. The lowest BCUT2D eigenvalue weighted by Gasteiger charge is -2.12. The molecule has 0 unspecified atom stereocenters. The summed E-state index contributed by atoms with van der Waals surface area (Å²) in [6.45, 7) is 3.92.